The third-order valence-corrected chi connectivity index (χ3v) is 5.83. The molecule has 1 fully saturated rings. The van der Waals surface area contributed by atoms with Gasteiger partial charge in [0.15, 0.2) is 0 Å². The number of aryl methyl sites for hydroxylation is 2. The van der Waals surface area contributed by atoms with Crippen LogP contribution in [0.2, 0.25) is 0 Å². The van der Waals surface area contributed by atoms with Crippen LogP contribution < -0.4 is 10.1 Å². The number of carbonyl (C=O) groups excluding carboxylic acids is 1. The van der Waals surface area contributed by atoms with E-state index in [0.717, 1.165) is 59.3 Å². The highest BCUT2D eigenvalue weighted by atomic mass is 32.1. The van der Waals surface area contributed by atoms with Crippen LogP contribution in [-0.4, -0.2) is 23.0 Å². The Morgan fingerprint density at radius 2 is 2.19 bits per heavy atom. The second-order valence-electron chi connectivity index (χ2n) is 7.27. The van der Waals surface area contributed by atoms with E-state index in [9.17, 15) is 4.79 Å². The van der Waals surface area contributed by atoms with E-state index in [1.165, 1.54) is 0 Å². The fourth-order valence-corrected chi connectivity index (χ4v) is 3.77. The lowest BCUT2D eigenvalue weighted by atomic mass is 10.1. The van der Waals surface area contributed by atoms with Crippen molar-refractivity contribution in [2.45, 2.75) is 39.2 Å². The number of hydrogen-bond donors (Lipinski definition) is 2. The summed E-state index contributed by atoms with van der Waals surface area (Å²) in [6, 6.07) is 6.29. The molecule has 0 atom stereocenters. The lowest BCUT2D eigenvalue weighted by molar-refractivity contribution is -0.125. The summed E-state index contributed by atoms with van der Waals surface area (Å²) in [6.07, 6.45) is 3.76. The molecule has 2 aromatic heterocycles. The van der Waals surface area contributed by atoms with Crippen molar-refractivity contribution in [2.75, 3.05) is 7.11 Å². The highest BCUT2D eigenvalue weighted by Crippen LogP contribution is 2.45. The van der Waals surface area contributed by atoms with Gasteiger partial charge in [0.25, 0.3) is 0 Å². The van der Waals surface area contributed by atoms with Crippen LogP contribution in [0.3, 0.4) is 0 Å². The number of aromatic nitrogens is 2. The summed E-state index contributed by atoms with van der Waals surface area (Å²) < 4.78 is 5.58. The van der Waals surface area contributed by atoms with Crippen LogP contribution in [0, 0.1) is 5.41 Å². The molecule has 136 valence electrons. The van der Waals surface area contributed by atoms with Gasteiger partial charge in [-0.1, -0.05) is 6.92 Å². The lowest BCUT2D eigenvalue weighted by Gasteiger charge is -2.08. The molecule has 2 N–H and O–H groups in total. The molecule has 1 amide bonds. The van der Waals surface area contributed by atoms with E-state index in [1.807, 2.05) is 12.4 Å². The molecule has 1 aliphatic carbocycles. The number of amides is 1. The number of carbonyl (C=O) groups is 1. The molecule has 5 nitrogen and oxygen atoms in total. The van der Waals surface area contributed by atoms with Crippen LogP contribution in [-0.2, 0) is 24.2 Å². The van der Waals surface area contributed by atoms with Crippen molar-refractivity contribution in [1.82, 2.24) is 15.3 Å². The number of ether oxygens (including phenoxy) is 1. The average molecular weight is 369 g/mol. The number of nitrogens with one attached hydrogen (secondary N) is 2. The Labute approximate surface area is 156 Å². The number of hydrogen-bond acceptors (Lipinski definition) is 4. The van der Waals surface area contributed by atoms with Crippen molar-refractivity contribution in [3.05, 3.63) is 46.0 Å². The first-order chi connectivity index (χ1) is 12.6. The number of thiazole rings is 1. The maximum Gasteiger partial charge on any atom is 0.226 e. The molecular weight excluding hydrogens is 346 g/mol. The van der Waals surface area contributed by atoms with Gasteiger partial charge in [0.1, 0.15) is 5.75 Å². The molecule has 1 aromatic carbocycles. The fourth-order valence-electron chi connectivity index (χ4n) is 3.17. The molecular formula is C20H23N3O2S. The van der Waals surface area contributed by atoms with Crippen molar-refractivity contribution < 1.29 is 9.53 Å². The molecule has 1 aliphatic rings. The van der Waals surface area contributed by atoms with E-state index in [4.69, 9.17) is 4.74 Å². The van der Waals surface area contributed by atoms with Gasteiger partial charge in [-0.15, -0.1) is 11.3 Å². The molecule has 0 aliphatic heterocycles. The summed E-state index contributed by atoms with van der Waals surface area (Å²) in [5.41, 5.74) is 6.08. The van der Waals surface area contributed by atoms with Crippen LogP contribution in [0.15, 0.2) is 29.1 Å². The largest absolute Gasteiger partial charge is 0.496 e. The van der Waals surface area contributed by atoms with Crippen LogP contribution in [0.4, 0.5) is 0 Å². The minimum Gasteiger partial charge on any atom is -0.496 e. The second-order valence-corrected chi connectivity index (χ2v) is 7.99. The number of H-pyrrole nitrogens is 1. The highest BCUT2D eigenvalue weighted by molar-refractivity contribution is 7.07. The summed E-state index contributed by atoms with van der Waals surface area (Å²) in [5, 5.41) is 6.22. The van der Waals surface area contributed by atoms with Gasteiger partial charge >= 0.3 is 0 Å². The van der Waals surface area contributed by atoms with Gasteiger partial charge in [0.2, 0.25) is 5.91 Å². The van der Waals surface area contributed by atoms with E-state index in [0.29, 0.717) is 6.54 Å². The SMILES string of the molecule is COc1cc2cc(CNC(=O)C3(C)CC3)[nH]c2cc1CCc1cscn1. The van der Waals surface area contributed by atoms with Gasteiger partial charge < -0.3 is 15.0 Å². The van der Waals surface area contributed by atoms with Crippen LogP contribution in [0.25, 0.3) is 10.9 Å². The third-order valence-electron chi connectivity index (χ3n) is 5.20. The topological polar surface area (TPSA) is 67.0 Å². The summed E-state index contributed by atoms with van der Waals surface area (Å²) in [4.78, 5) is 19.9. The Morgan fingerprint density at radius 3 is 2.88 bits per heavy atom. The quantitative estimate of drug-likeness (QED) is 0.665. The second kappa shape index (κ2) is 6.76. The molecule has 3 aromatic rings. The fraction of sp³-hybridized carbons (Fsp3) is 0.400. The molecule has 4 rings (SSSR count). The van der Waals surface area contributed by atoms with E-state index in [2.05, 4.69) is 38.9 Å². The van der Waals surface area contributed by atoms with Crippen molar-refractivity contribution in [3.63, 3.8) is 0 Å². The Hall–Kier alpha value is -2.34. The van der Waals surface area contributed by atoms with E-state index in [1.54, 1.807) is 18.4 Å². The number of rotatable bonds is 7. The first-order valence-corrected chi connectivity index (χ1v) is 9.85. The normalized spacial score (nSPS) is 15.2. The first kappa shape index (κ1) is 17.1. The minimum absolute atomic E-state index is 0.141. The summed E-state index contributed by atoms with van der Waals surface area (Å²) in [7, 11) is 1.71. The Kier molecular flexibility index (Phi) is 4.44. The smallest absolute Gasteiger partial charge is 0.226 e. The lowest BCUT2D eigenvalue weighted by Crippen LogP contribution is -2.29. The molecule has 0 unspecified atom stereocenters. The van der Waals surface area contributed by atoms with Crippen LogP contribution >= 0.6 is 11.3 Å². The van der Waals surface area contributed by atoms with Crippen molar-refractivity contribution in [2.24, 2.45) is 5.41 Å². The van der Waals surface area contributed by atoms with Gasteiger partial charge in [-0.05, 0) is 49.4 Å². The first-order valence-electron chi connectivity index (χ1n) is 8.91. The minimum atomic E-state index is -0.141. The van der Waals surface area contributed by atoms with Gasteiger partial charge in [-0.3, -0.25) is 4.79 Å². The molecule has 1 saturated carbocycles. The number of aromatic amines is 1. The van der Waals surface area contributed by atoms with E-state index in [-0.39, 0.29) is 11.3 Å². The zero-order chi connectivity index (χ0) is 18.1. The standard InChI is InChI=1S/C20H23N3O2S/c1-20(5-6-20)19(24)21-10-16-7-14-9-18(25-2)13(8-17(14)23-16)3-4-15-11-26-12-22-15/h7-9,11-12,23H,3-6,10H2,1-2H3,(H,21,24). The average Bonchev–Trinajstić information content (AvgIpc) is 3.06. The summed E-state index contributed by atoms with van der Waals surface area (Å²) in [6.45, 7) is 2.55. The van der Waals surface area contributed by atoms with Gasteiger partial charge in [0, 0.05) is 27.4 Å². The molecule has 0 saturated heterocycles. The van der Waals surface area contributed by atoms with Gasteiger partial charge in [0.05, 0.1) is 24.9 Å². The summed E-state index contributed by atoms with van der Waals surface area (Å²) in [5.74, 6) is 1.05. The van der Waals surface area contributed by atoms with E-state index >= 15 is 0 Å². The zero-order valence-corrected chi connectivity index (χ0v) is 15.9. The van der Waals surface area contributed by atoms with Gasteiger partial charge in [-0.25, -0.2) is 4.98 Å². The number of benzene rings is 1. The predicted molar refractivity (Wildman–Crippen MR) is 104 cm³/mol. The summed E-state index contributed by atoms with van der Waals surface area (Å²) >= 11 is 1.62. The number of nitrogens with zero attached hydrogens (tertiary/aromatic N) is 1. The molecule has 2 heterocycles. The molecule has 26 heavy (non-hydrogen) atoms. The highest BCUT2D eigenvalue weighted by Gasteiger charge is 2.44. The van der Waals surface area contributed by atoms with E-state index < -0.39 is 0 Å². The van der Waals surface area contributed by atoms with Gasteiger partial charge in [-0.2, -0.15) is 0 Å². The Morgan fingerprint density at radius 1 is 1.35 bits per heavy atom. The van der Waals surface area contributed by atoms with Crippen molar-refractivity contribution in [3.8, 4) is 5.75 Å². The van der Waals surface area contributed by atoms with Crippen molar-refractivity contribution >= 4 is 28.1 Å². The van der Waals surface area contributed by atoms with Crippen LogP contribution in [0.5, 0.6) is 5.75 Å². The predicted octanol–water partition coefficient (Wildman–Crippen LogP) is 3.83. The molecule has 0 radical (unpaired) electrons. The molecule has 6 heteroatoms. The molecule has 0 bridgehead atoms. The maximum absolute atomic E-state index is 12.1. The number of fused-ring (bicyclic) bond motifs is 1. The number of methoxy groups -OCH3 is 1. The zero-order valence-electron chi connectivity index (χ0n) is 15.1. The Balaban J connectivity index is 1.50. The monoisotopic (exact) mass is 369 g/mol. The maximum atomic E-state index is 12.1. The van der Waals surface area contributed by atoms with Crippen molar-refractivity contribution in [1.29, 1.82) is 0 Å². The Bertz CT molecular complexity index is 926. The third kappa shape index (κ3) is 3.46. The molecule has 0 spiro atoms. The van der Waals surface area contributed by atoms with Crippen LogP contribution in [0.1, 0.15) is 36.7 Å².